The van der Waals surface area contributed by atoms with Gasteiger partial charge in [0.1, 0.15) is 18.0 Å². The molecule has 29 heavy (non-hydrogen) atoms. The first-order valence-electron chi connectivity index (χ1n) is 9.33. The molecule has 0 bridgehead atoms. The van der Waals surface area contributed by atoms with Crippen LogP contribution in [0.2, 0.25) is 0 Å². The van der Waals surface area contributed by atoms with Crippen molar-refractivity contribution in [2.75, 3.05) is 12.4 Å². The number of nitrogens with zero attached hydrogens (tertiary/aromatic N) is 4. The second kappa shape index (κ2) is 8.02. The fourth-order valence-corrected chi connectivity index (χ4v) is 3.20. The van der Waals surface area contributed by atoms with Crippen LogP contribution in [0.4, 0.5) is 14.5 Å². The van der Waals surface area contributed by atoms with Crippen LogP contribution in [-0.2, 0) is 17.9 Å². The summed E-state index contributed by atoms with van der Waals surface area (Å²) in [7, 11) is 1.61. The number of hydrogen-bond donors (Lipinski definition) is 1. The van der Waals surface area contributed by atoms with Crippen molar-refractivity contribution in [1.82, 2.24) is 19.6 Å². The van der Waals surface area contributed by atoms with Gasteiger partial charge in [-0.05, 0) is 36.6 Å². The van der Waals surface area contributed by atoms with Gasteiger partial charge in [-0.2, -0.15) is 10.2 Å². The molecule has 1 amide bonds. The van der Waals surface area contributed by atoms with Gasteiger partial charge in [-0.1, -0.05) is 12.1 Å². The molecule has 9 heteroatoms. The van der Waals surface area contributed by atoms with E-state index in [9.17, 15) is 13.6 Å². The van der Waals surface area contributed by atoms with Crippen molar-refractivity contribution in [3.63, 3.8) is 0 Å². The first kappa shape index (κ1) is 19.1. The largest absolute Gasteiger partial charge is 0.497 e. The maximum Gasteiger partial charge on any atom is 0.282 e. The van der Waals surface area contributed by atoms with Crippen LogP contribution in [0, 0.1) is 0 Å². The van der Waals surface area contributed by atoms with Gasteiger partial charge in [-0.15, -0.1) is 0 Å². The topological polar surface area (TPSA) is 74.0 Å². The molecule has 152 valence electrons. The third-order valence-corrected chi connectivity index (χ3v) is 4.74. The molecule has 4 rings (SSSR count). The lowest BCUT2D eigenvalue weighted by Crippen LogP contribution is -2.20. The molecule has 0 atom stereocenters. The molecule has 0 saturated heterocycles. The molecule has 0 unspecified atom stereocenters. The Balaban J connectivity index is 1.39. The zero-order valence-electron chi connectivity index (χ0n) is 15.9. The average Bonchev–Trinajstić information content (AvgIpc) is 3.31. The van der Waals surface area contributed by atoms with E-state index in [4.69, 9.17) is 4.74 Å². The molecule has 0 radical (unpaired) electrons. The summed E-state index contributed by atoms with van der Waals surface area (Å²) in [5.74, 6) is 0.641. The van der Waals surface area contributed by atoms with Crippen molar-refractivity contribution >= 4 is 11.6 Å². The van der Waals surface area contributed by atoms with Crippen LogP contribution in [-0.4, -0.2) is 32.6 Å². The minimum Gasteiger partial charge on any atom is -0.497 e. The second-order valence-corrected chi connectivity index (χ2v) is 7.05. The van der Waals surface area contributed by atoms with Gasteiger partial charge in [0.25, 0.3) is 6.43 Å². The number of anilines is 1. The van der Waals surface area contributed by atoms with Crippen molar-refractivity contribution < 1.29 is 18.3 Å². The Bertz CT molecular complexity index is 1010. The molecule has 1 aliphatic carbocycles. The molecular weight excluding hydrogens is 380 g/mol. The molecule has 0 spiro atoms. The van der Waals surface area contributed by atoms with Gasteiger partial charge in [0.05, 0.1) is 25.5 Å². The lowest BCUT2D eigenvalue weighted by atomic mass is 10.2. The fourth-order valence-electron chi connectivity index (χ4n) is 3.20. The molecule has 1 saturated carbocycles. The van der Waals surface area contributed by atoms with Crippen molar-refractivity contribution in [2.24, 2.45) is 0 Å². The van der Waals surface area contributed by atoms with Gasteiger partial charge in [-0.25, -0.2) is 8.78 Å². The number of carbonyl (C=O) groups excluding carboxylic acids is 1. The lowest BCUT2D eigenvalue weighted by Gasteiger charge is -2.07. The van der Waals surface area contributed by atoms with Gasteiger partial charge in [0, 0.05) is 17.8 Å². The number of amides is 1. The molecule has 1 aliphatic rings. The third kappa shape index (κ3) is 4.61. The number of benzene rings is 1. The Morgan fingerprint density at radius 1 is 1.34 bits per heavy atom. The zero-order chi connectivity index (χ0) is 20.4. The van der Waals surface area contributed by atoms with E-state index in [0.717, 1.165) is 24.2 Å². The number of ether oxygens (including phenoxy) is 1. The van der Waals surface area contributed by atoms with E-state index in [1.165, 1.54) is 10.7 Å². The summed E-state index contributed by atoms with van der Waals surface area (Å²) in [5.41, 5.74) is 1.96. The number of alkyl halides is 2. The summed E-state index contributed by atoms with van der Waals surface area (Å²) < 4.78 is 34.2. The van der Waals surface area contributed by atoms with Crippen LogP contribution < -0.4 is 10.1 Å². The highest BCUT2D eigenvalue weighted by Gasteiger charge is 2.30. The van der Waals surface area contributed by atoms with Crippen molar-refractivity contribution in [2.45, 2.75) is 38.3 Å². The Hall–Kier alpha value is -3.23. The van der Waals surface area contributed by atoms with Crippen molar-refractivity contribution in [3.05, 3.63) is 59.7 Å². The molecule has 2 heterocycles. The van der Waals surface area contributed by atoms with Crippen LogP contribution in [0.1, 0.15) is 42.1 Å². The maximum absolute atomic E-state index is 13.0. The smallest absolute Gasteiger partial charge is 0.282 e. The highest BCUT2D eigenvalue weighted by atomic mass is 19.3. The van der Waals surface area contributed by atoms with Gasteiger partial charge >= 0.3 is 0 Å². The molecule has 2 aromatic heterocycles. The molecular formula is C20H21F2N5O2. The summed E-state index contributed by atoms with van der Waals surface area (Å²) in [5, 5.41) is 10.9. The fraction of sp³-hybridized carbons (Fsp3) is 0.350. The van der Waals surface area contributed by atoms with E-state index in [0.29, 0.717) is 17.9 Å². The van der Waals surface area contributed by atoms with Crippen LogP contribution in [0.25, 0.3) is 0 Å². The highest BCUT2D eigenvalue weighted by Crippen LogP contribution is 2.41. The molecule has 7 nitrogen and oxygen atoms in total. The number of nitrogens with one attached hydrogen (secondary N) is 1. The van der Waals surface area contributed by atoms with Crippen LogP contribution >= 0.6 is 0 Å². The number of hydrogen-bond acceptors (Lipinski definition) is 4. The molecule has 1 aromatic carbocycles. The van der Waals surface area contributed by atoms with Crippen LogP contribution in [0.5, 0.6) is 5.75 Å². The third-order valence-electron chi connectivity index (χ3n) is 4.74. The molecule has 1 fully saturated rings. The van der Waals surface area contributed by atoms with Gasteiger partial charge in [0.2, 0.25) is 5.91 Å². The molecule has 0 aliphatic heterocycles. The standard InChI is InChI=1S/C20H21F2N5O2/c1-29-16-4-2-3-13(7-16)10-26-11-15(9-23-26)24-19(28)12-27-18(14-5-6-14)8-17(25-27)20(21)22/h2-4,7-9,11,14,20H,5-6,10,12H2,1H3,(H,24,28). The van der Waals surface area contributed by atoms with Crippen LogP contribution in [0.15, 0.2) is 42.7 Å². The highest BCUT2D eigenvalue weighted by molar-refractivity contribution is 5.90. The lowest BCUT2D eigenvalue weighted by molar-refractivity contribution is -0.117. The normalized spacial score (nSPS) is 13.7. The first-order chi connectivity index (χ1) is 14.0. The van der Waals surface area contributed by atoms with E-state index in [1.807, 2.05) is 24.3 Å². The maximum atomic E-state index is 13.0. The first-order valence-corrected chi connectivity index (χ1v) is 9.33. The van der Waals surface area contributed by atoms with E-state index in [2.05, 4.69) is 15.5 Å². The Morgan fingerprint density at radius 3 is 2.90 bits per heavy atom. The number of methoxy groups -OCH3 is 1. The van der Waals surface area contributed by atoms with Gasteiger partial charge in [-0.3, -0.25) is 14.2 Å². The van der Waals surface area contributed by atoms with Gasteiger partial charge < -0.3 is 10.1 Å². The van der Waals surface area contributed by atoms with E-state index in [-0.39, 0.29) is 24.1 Å². The number of rotatable bonds is 8. The summed E-state index contributed by atoms with van der Waals surface area (Å²) in [6.45, 7) is 0.412. The van der Waals surface area contributed by atoms with Crippen LogP contribution in [0.3, 0.4) is 0 Å². The zero-order valence-corrected chi connectivity index (χ0v) is 15.9. The monoisotopic (exact) mass is 401 g/mol. The minimum atomic E-state index is -2.65. The summed E-state index contributed by atoms with van der Waals surface area (Å²) in [4.78, 5) is 12.4. The Morgan fingerprint density at radius 2 is 2.17 bits per heavy atom. The van der Waals surface area contributed by atoms with Crippen molar-refractivity contribution in [3.8, 4) is 5.75 Å². The predicted octanol–water partition coefficient (Wildman–Crippen LogP) is 3.59. The summed E-state index contributed by atoms with van der Waals surface area (Å²) in [6, 6.07) is 9.04. The van der Waals surface area contributed by atoms with Gasteiger partial charge in [0.15, 0.2) is 0 Å². The van der Waals surface area contributed by atoms with Crippen molar-refractivity contribution in [1.29, 1.82) is 0 Å². The average molecular weight is 401 g/mol. The predicted molar refractivity (Wildman–Crippen MR) is 102 cm³/mol. The number of carbonyl (C=O) groups is 1. The SMILES string of the molecule is COc1cccc(Cn2cc(NC(=O)Cn3nc(C(F)F)cc3C3CC3)cn2)c1. The number of aromatic nitrogens is 4. The van der Waals surface area contributed by atoms with E-state index < -0.39 is 6.43 Å². The Kier molecular flexibility index (Phi) is 5.28. The minimum absolute atomic E-state index is 0.111. The quantitative estimate of drug-likeness (QED) is 0.626. The summed E-state index contributed by atoms with van der Waals surface area (Å²) in [6.07, 6.45) is 2.49. The number of halogens is 2. The van der Waals surface area contributed by atoms with E-state index in [1.54, 1.807) is 24.2 Å². The summed E-state index contributed by atoms with van der Waals surface area (Å²) >= 11 is 0. The Labute approximate surface area is 166 Å². The molecule has 3 aromatic rings. The second-order valence-electron chi connectivity index (χ2n) is 7.05. The molecule has 1 N–H and O–H groups in total. The van der Waals surface area contributed by atoms with E-state index >= 15 is 0 Å².